The van der Waals surface area contributed by atoms with E-state index in [1.165, 1.54) is 16.3 Å². The van der Waals surface area contributed by atoms with Crippen molar-refractivity contribution in [2.75, 3.05) is 44.7 Å². The molecule has 3 aromatic rings. The van der Waals surface area contributed by atoms with Crippen molar-refractivity contribution in [2.24, 2.45) is 5.73 Å². The van der Waals surface area contributed by atoms with Crippen LogP contribution in [0.2, 0.25) is 0 Å². The summed E-state index contributed by atoms with van der Waals surface area (Å²) in [5, 5.41) is 15.3. The largest absolute Gasteiger partial charge is 0.398 e. The van der Waals surface area contributed by atoms with Crippen LogP contribution in [0.3, 0.4) is 0 Å². The predicted molar refractivity (Wildman–Crippen MR) is 135 cm³/mol. The van der Waals surface area contributed by atoms with Crippen LogP contribution in [0.25, 0.3) is 26.8 Å². The molecule has 164 valence electrons. The zero-order chi connectivity index (χ0) is 22.5. The Kier molecular flexibility index (Phi) is 6.91. The topological polar surface area (TPSA) is 74.3 Å². The van der Waals surface area contributed by atoms with Crippen LogP contribution in [-0.2, 0) is 4.74 Å². The number of nitrogens with two attached hydrogens (primary N) is 1. The van der Waals surface area contributed by atoms with Crippen molar-refractivity contribution in [3.05, 3.63) is 71.3 Å². The molecule has 0 unspecified atom stereocenters. The maximum Gasteiger partial charge on any atom is 0.102 e. The third-order valence-electron chi connectivity index (χ3n) is 5.77. The minimum absolute atomic E-state index is 0.306. The molecule has 1 fully saturated rings. The van der Waals surface area contributed by atoms with Crippen molar-refractivity contribution in [1.82, 2.24) is 4.90 Å². The number of nitrogens with one attached hydrogen (secondary N) is 1. The molecule has 1 aliphatic heterocycles. The maximum absolute atomic E-state index is 9.36. The van der Waals surface area contributed by atoms with E-state index >= 15 is 0 Å². The van der Waals surface area contributed by atoms with Gasteiger partial charge in [0.1, 0.15) is 6.07 Å². The number of morpholine rings is 1. The zero-order valence-corrected chi connectivity index (χ0v) is 19.2. The molecule has 0 bridgehead atoms. The van der Waals surface area contributed by atoms with Gasteiger partial charge in [0.2, 0.25) is 0 Å². The van der Waals surface area contributed by atoms with Gasteiger partial charge >= 0.3 is 0 Å². The first-order chi connectivity index (χ1) is 15.5. The standard InChI is InChI=1S/C26H28N4OS/c1-18(24(17-27)19(2)28)25-7-8-26(32-25)22-4-3-21-16-23(6-5-20(21)15-22)29-9-10-30-11-13-31-14-12-30/h3-8,15-16,29H,2,9-14,28H2,1H3/b24-18+. The van der Waals surface area contributed by atoms with Gasteiger partial charge < -0.3 is 15.8 Å². The van der Waals surface area contributed by atoms with Gasteiger partial charge in [0.25, 0.3) is 0 Å². The third kappa shape index (κ3) is 5.03. The Hall–Kier alpha value is -3.11. The van der Waals surface area contributed by atoms with E-state index in [9.17, 15) is 5.26 Å². The molecular weight excluding hydrogens is 416 g/mol. The van der Waals surface area contributed by atoms with E-state index in [0.29, 0.717) is 11.3 Å². The van der Waals surface area contributed by atoms with Gasteiger partial charge in [-0.2, -0.15) is 5.26 Å². The fraction of sp³-hybridized carbons (Fsp3) is 0.269. The second kappa shape index (κ2) is 10.0. The lowest BCUT2D eigenvalue weighted by molar-refractivity contribution is 0.0398. The average Bonchev–Trinajstić information content (AvgIpc) is 3.30. The van der Waals surface area contributed by atoms with E-state index in [4.69, 9.17) is 10.5 Å². The summed E-state index contributed by atoms with van der Waals surface area (Å²) in [7, 11) is 0. The van der Waals surface area contributed by atoms with Crippen LogP contribution in [0.1, 0.15) is 11.8 Å². The molecule has 0 amide bonds. The monoisotopic (exact) mass is 444 g/mol. The molecule has 5 nitrogen and oxygen atoms in total. The number of hydrogen-bond acceptors (Lipinski definition) is 6. The van der Waals surface area contributed by atoms with Crippen LogP contribution < -0.4 is 11.1 Å². The predicted octanol–water partition coefficient (Wildman–Crippen LogP) is 5.08. The van der Waals surface area contributed by atoms with Gasteiger partial charge in [-0.3, -0.25) is 4.90 Å². The quantitative estimate of drug-likeness (QED) is 0.393. The van der Waals surface area contributed by atoms with Gasteiger partial charge in [0.15, 0.2) is 0 Å². The molecule has 0 atom stereocenters. The van der Waals surface area contributed by atoms with Gasteiger partial charge in [-0.05, 0) is 59.2 Å². The molecule has 0 aliphatic carbocycles. The van der Waals surface area contributed by atoms with Crippen LogP contribution in [0, 0.1) is 11.3 Å². The minimum Gasteiger partial charge on any atom is -0.398 e. The molecule has 1 saturated heterocycles. The summed E-state index contributed by atoms with van der Waals surface area (Å²) in [6, 6.07) is 19.4. The van der Waals surface area contributed by atoms with Crippen LogP contribution in [0.15, 0.2) is 66.4 Å². The molecule has 3 N–H and O–H groups in total. The number of nitriles is 1. The van der Waals surface area contributed by atoms with E-state index < -0.39 is 0 Å². The Morgan fingerprint density at radius 2 is 1.91 bits per heavy atom. The van der Waals surface area contributed by atoms with E-state index in [-0.39, 0.29) is 0 Å². The van der Waals surface area contributed by atoms with Gasteiger partial charge in [-0.25, -0.2) is 0 Å². The lowest BCUT2D eigenvalue weighted by Gasteiger charge is -2.26. The van der Waals surface area contributed by atoms with E-state index in [2.05, 4.69) is 65.3 Å². The number of fused-ring (bicyclic) bond motifs is 1. The summed E-state index contributed by atoms with van der Waals surface area (Å²) in [6.45, 7) is 11.3. The molecule has 0 saturated carbocycles. The summed E-state index contributed by atoms with van der Waals surface area (Å²) in [4.78, 5) is 4.62. The first-order valence-corrected chi connectivity index (χ1v) is 11.6. The highest BCUT2D eigenvalue weighted by Gasteiger charge is 2.11. The van der Waals surface area contributed by atoms with Gasteiger partial charge in [0.05, 0.1) is 18.8 Å². The molecule has 2 heterocycles. The summed E-state index contributed by atoms with van der Waals surface area (Å²) in [5.41, 5.74) is 9.69. The first kappa shape index (κ1) is 22.1. The van der Waals surface area contributed by atoms with Crippen LogP contribution >= 0.6 is 11.3 Å². The smallest absolute Gasteiger partial charge is 0.102 e. The third-order valence-corrected chi connectivity index (χ3v) is 7.02. The fourth-order valence-electron chi connectivity index (χ4n) is 3.91. The van der Waals surface area contributed by atoms with E-state index in [0.717, 1.165) is 60.4 Å². The second-order valence-corrected chi connectivity index (χ2v) is 9.04. The normalized spacial score (nSPS) is 15.2. The number of hydrogen-bond donors (Lipinski definition) is 2. The second-order valence-electron chi connectivity index (χ2n) is 7.96. The van der Waals surface area contributed by atoms with Crippen molar-refractivity contribution >= 4 is 33.4 Å². The Morgan fingerprint density at radius 1 is 1.16 bits per heavy atom. The number of nitrogens with zero attached hydrogens (tertiary/aromatic N) is 2. The van der Waals surface area contributed by atoms with E-state index in [1.807, 2.05) is 13.0 Å². The fourth-order valence-corrected chi connectivity index (χ4v) is 4.92. The van der Waals surface area contributed by atoms with E-state index in [1.54, 1.807) is 11.3 Å². The number of rotatable bonds is 7. The summed E-state index contributed by atoms with van der Waals surface area (Å²) in [5.74, 6) is 0. The van der Waals surface area contributed by atoms with Gasteiger partial charge in [0, 0.05) is 47.3 Å². The van der Waals surface area contributed by atoms with Crippen molar-refractivity contribution in [2.45, 2.75) is 6.92 Å². The molecule has 0 spiro atoms. The lowest BCUT2D eigenvalue weighted by atomic mass is 10.0. The lowest BCUT2D eigenvalue weighted by Crippen LogP contribution is -2.38. The van der Waals surface area contributed by atoms with Crippen molar-refractivity contribution in [3.8, 4) is 16.5 Å². The zero-order valence-electron chi connectivity index (χ0n) is 18.4. The Bertz CT molecular complexity index is 1200. The molecule has 2 aromatic carbocycles. The SMILES string of the molecule is C=C(N)/C(C#N)=C(\C)c1ccc(-c2ccc3cc(NCCN4CCOCC4)ccc3c2)s1. The van der Waals surface area contributed by atoms with Crippen molar-refractivity contribution in [3.63, 3.8) is 0 Å². The van der Waals surface area contributed by atoms with Crippen LogP contribution in [-0.4, -0.2) is 44.3 Å². The molecule has 0 radical (unpaired) electrons. The number of benzene rings is 2. The Morgan fingerprint density at radius 3 is 2.66 bits per heavy atom. The average molecular weight is 445 g/mol. The molecule has 4 rings (SSSR count). The summed E-state index contributed by atoms with van der Waals surface area (Å²) in [6.07, 6.45) is 0. The molecule has 6 heteroatoms. The highest BCUT2D eigenvalue weighted by atomic mass is 32.1. The minimum atomic E-state index is 0.306. The number of thiophene rings is 1. The molecular formula is C26H28N4OS. The van der Waals surface area contributed by atoms with Gasteiger partial charge in [-0.15, -0.1) is 11.3 Å². The van der Waals surface area contributed by atoms with Crippen LogP contribution in [0.5, 0.6) is 0 Å². The summed E-state index contributed by atoms with van der Waals surface area (Å²) < 4.78 is 5.41. The maximum atomic E-state index is 9.36. The number of allylic oxidation sites excluding steroid dienone is 2. The summed E-state index contributed by atoms with van der Waals surface area (Å²) >= 11 is 1.66. The van der Waals surface area contributed by atoms with Gasteiger partial charge in [-0.1, -0.05) is 24.8 Å². The molecule has 32 heavy (non-hydrogen) atoms. The highest BCUT2D eigenvalue weighted by molar-refractivity contribution is 7.16. The Balaban J connectivity index is 1.47. The molecule has 1 aliphatic rings. The number of ether oxygens (including phenoxy) is 1. The molecule has 1 aromatic heterocycles. The van der Waals surface area contributed by atoms with Crippen molar-refractivity contribution in [1.29, 1.82) is 5.26 Å². The Labute approximate surface area is 193 Å². The first-order valence-electron chi connectivity index (χ1n) is 10.8. The highest BCUT2D eigenvalue weighted by Crippen LogP contribution is 2.35. The van der Waals surface area contributed by atoms with Crippen molar-refractivity contribution < 1.29 is 4.74 Å². The van der Waals surface area contributed by atoms with Crippen LogP contribution in [0.4, 0.5) is 5.69 Å². The number of anilines is 1.